The Hall–Kier alpha value is -1.02. The maximum Gasteiger partial charge on any atom is 0.0399 e. The second kappa shape index (κ2) is 5.35. The molecule has 0 radical (unpaired) electrons. The molecule has 1 aliphatic rings. The van der Waals surface area contributed by atoms with E-state index in [2.05, 4.69) is 36.2 Å². The van der Waals surface area contributed by atoms with E-state index in [0.29, 0.717) is 0 Å². The molecule has 0 unspecified atom stereocenters. The summed E-state index contributed by atoms with van der Waals surface area (Å²) in [6.45, 7) is 0.732. The van der Waals surface area contributed by atoms with Crippen LogP contribution in [0.4, 0.5) is 5.69 Å². The summed E-state index contributed by atoms with van der Waals surface area (Å²) in [5, 5.41) is 0. The van der Waals surface area contributed by atoms with Gasteiger partial charge in [-0.2, -0.15) is 0 Å². The number of hydrogen-bond acceptors (Lipinski definition) is 2. The summed E-state index contributed by atoms with van der Waals surface area (Å²) in [4.78, 5) is 2.46. The molecule has 2 nitrogen and oxygen atoms in total. The van der Waals surface area contributed by atoms with Crippen molar-refractivity contribution in [3.63, 3.8) is 0 Å². The van der Waals surface area contributed by atoms with Gasteiger partial charge in [-0.15, -0.1) is 0 Å². The summed E-state index contributed by atoms with van der Waals surface area (Å²) in [5.41, 5.74) is 8.43. The molecule has 88 valence electrons. The predicted octanol–water partition coefficient (Wildman–Crippen LogP) is 2.57. The number of rotatable bonds is 4. The Morgan fingerprint density at radius 3 is 2.62 bits per heavy atom. The molecule has 0 spiro atoms. The first-order valence-corrected chi connectivity index (χ1v) is 6.33. The molecule has 1 fully saturated rings. The van der Waals surface area contributed by atoms with Crippen LogP contribution >= 0.6 is 0 Å². The van der Waals surface area contributed by atoms with Crippen molar-refractivity contribution in [1.29, 1.82) is 0 Å². The molecule has 0 saturated heterocycles. The van der Waals surface area contributed by atoms with Gasteiger partial charge in [-0.05, 0) is 37.4 Å². The number of benzene rings is 1. The molecule has 0 aliphatic heterocycles. The van der Waals surface area contributed by atoms with E-state index in [1.54, 1.807) is 0 Å². The van der Waals surface area contributed by atoms with Crippen LogP contribution in [-0.4, -0.2) is 19.6 Å². The molecular formula is C14H22N2. The topological polar surface area (TPSA) is 29.3 Å². The van der Waals surface area contributed by atoms with E-state index < -0.39 is 0 Å². The molecule has 2 heteroatoms. The van der Waals surface area contributed by atoms with Gasteiger partial charge < -0.3 is 10.6 Å². The third-order valence-electron chi connectivity index (χ3n) is 3.66. The second-order valence-electron chi connectivity index (χ2n) is 4.72. The Morgan fingerprint density at radius 1 is 1.25 bits per heavy atom. The molecule has 16 heavy (non-hydrogen) atoms. The molecule has 0 aromatic heterocycles. The number of nitrogens with two attached hydrogens (primary N) is 1. The Bertz CT molecular complexity index is 329. The molecule has 0 heterocycles. The van der Waals surface area contributed by atoms with Crippen LogP contribution in [0.15, 0.2) is 24.3 Å². The Kier molecular flexibility index (Phi) is 3.83. The van der Waals surface area contributed by atoms with Gasteiger partial charge in [0.1, 0.15) is 0 Å². The van der Waals surface area contributed by atoms with Gasteiger partial charge in [-0.3, -0.25) is 0 Å². The molecule has 0 bridgehead atoms. The quantitative estimate of drug-likeness (QED) is 0.841. The zero-order valence-electron chi connectivity index (χ0n) is 10.2. The summed E-state index contributed by atoms with van der Waals surface area (Å²) in [6, 6.07) is 9.40. The van der Waals surface area contributed by atoms with Crippen molar-refractivity contribution >= 4 is 5.69 Å². The van der Waals surface area contributed by atoms with Crippen molar-refractivity contribution in [2.75, 3.05) is 18.5 Å². The molecule has 0 atom stereocenters. The third kappa shape index (κ3) is 2.38. The highest BCUT2D eigenvalue weighted by atomic mass is 15.1. The molecule has 2 N–H and O–H groups in total. The molecule has 2 rings (SSSR count). The minimum absolute atomic E-state index is 0.732. The van der Waals surface area contributed by atoms with Gasteiger partial charge in [0.05, 0.1) is 0 Å². The fraction of sp³-hybridized carbons (Fsp3) is 0.571. The molecular weight excluding hydrogens is 196 g/mol. The minimum atomic E-state index is 0.732. The molecule has 1 aliphatic carbocycles. The number of anilines is 1. The smallest absolute Gasteiger partial charge is 0.0399 e. The SMILES string of the molecule is CN(c1ccccc1CCN)C1CCCC1. The van der Waals surface area contributed by atoms with Gasteiger partial charge in [0.2, 0.25) is 0 Å². The van der Waals surface area contributed by atoms with Crippen LogP contribution in [0.25, 0.3) is 0 Å². The van der Waals surface area contributed by atoms with Crippen LogP contribution < -0.4 is 10.6 Å². The van der Waals surface area contributed by atoms with Gasteiger partial charge in [0.25, 0.3) is 0 Å². The van der Waals surface area contributed by atoms with Crippen LogP contribution in [0.3, 0.4) is 0 Å². The first kappa shape index (κ1) is 11.5. The van der Waals surface area contributed by atoms with Crippen LogP contribution in [0.1, 0.15) is 31.2 Å². The summed E-state index contributed by atoms with van der Waals surface area (Å²) < 4.78 is 0. The lowest BCUT2D eigenvalue weighted by molar-refractivity contribution is 0.650. The van der Waals surface area contributed by atoms with Crippen molar-refractivity contribution in [2.24, 2.45) is 5.73 Å². The van der Waals surface area contributed by atoms with Gasteiger partial charge >= 0.3 is 0 Å². The predicted molar refractivity (Wildman–Crippen MR) is 69.9 cm³/mol. The van der Waals surface area contributed by atoms with E-state index in [0.717, 1.165) is 19.0 Å². The Morgan fingerprint density at radius 2 is 1.94 bits per heavy atom. The van der Waals surface area contributed by atoms with E-state index in [1.165, 1.54) is 36.9 Å². The largest absolute Gasteiger partial charge is 0.371 e. The number of hydrogen-bond donors (Lipinski definition) is 1. The number of para-hydroxylation sites is 1. The normalized spacial score (nSPS) is 16.6. The second-order valence-corrected chi connectivity index (χ2v) is 4.72. The fourth-order valence-corrected chi connectivity index (χ4v) is 2.71. The zero-order chi connectivity index (χ0) is 11.4. The van der Waals surface area contributed by atoms with Crippen LogP contribution in [0, 0.1) is 0 Å². The first-order valence-electron chi connectivity index (χ1n) is 6.33. The van der Waals surface area contributed by atoms with Crippen molar-refractivity contribution in [2.45, 2.75) is 38.1 Å². The van der Waals surface area contributed by atoms with Gasteiger partial charge in [0.15, 0.2) is 0 Å². The lowest BCUT2D eigenvalue weighted by Gasteiger charge is -2.28. The summed E-state index contributed by atoms with van der Waals surface area (Å²) in [5.74, 6) is 0. The average Bonchev–Trinajstić information content (AvgIpc) is 2.83. The minimum Gasteiger partial charge on any atom is -0.371 e. The van der Waals surface area contributed by atoms with E-state index in [-0.39, 0.29) is 0 Å². The first-order chi connectivity index (χ1) is 7.83. The van der Waals surface area contributed by atoms with E-state index in [1.807, 2.05) is 0 Å². The Labute approximate surface area is 98.4 Å². The van der Waals surface area contributed by atoms with Crippen molar-refractivity contribution in [3.05, 3.63) is 29.8 Å². The highest BCUT2D eigenvalue weighted by molar-refractivity contribution is 5.54. The Balaban J connectivity index is 2.17. The van der Waals surface area contributed by atoms with Crippen LogP contribution in [0.2, 0.25) is 0 Å². The van der Waals surface area contributed by atoms with Crippen molar-refractivity contribution in [3.8, 4) is 0 Å². The fourth-order valence-electron chi connectivity index (χ4n) is 2.71. The van der Waals surface area contributed by atoms with Gasteiger partial charge in [0, 0.05) is 18.8 Å². The zero-order valence-corrected chi connectivity index (χ0v) is 10.2. The van der Waals surface area contributed by atoms with Crippen LogP contribution in [0.5, 0.6) is 0 Å². The van der Waals surface area contributed by atoms with E-state index >= 15 is 0 Å². The average molecular weight is 218 g/mol. The highest BCUT2D eigenvalue weighted by Crippen LogP contribution is 2.29. The molecule has 1 saturated carbocycles. The highest BCUT2D eigenvalue weighted by Gasteiger charge is 2.20. The standard InChI is InChI=1S/C14H22N2/c1-16(13-7-3-4-8-13)14-9-5-2-6-12(14)10-11-15/h2,5-6,9,13H,3-4,7-8,10-11,15H2,1H3. The van der Waals surface area contributed by atoms with Crippen molar-refractivity contribution < 1.29 is 0 Å². The van der Waals surface area contributed by atoms with Crippen LogP contribution in [-0.2, 0) is 6.42 Å². The maximum atomic E-state index is 5.66. The van der Waals surface area contributed by atoms with E-state index in [4.69, 9.17) is 5.73 Å². The monoisotopic (exact) mass is 218 g/mol. The maximum absolute atomic E-state index is 5.66. The van der Waals surface area contributed by atoms with Gasteiger partial charge in [-0.25, -0.2) is 0 Å². The van der Waals surface area contributed by atoms with Gasteiger partial charge in [-0.1, -0.05) is 31.0 Å². The van der Waals surface area contributed by atoms with E-state index in [9.17, 15) is 0 Å². The lowest BCUT2D eigenvalue weighted by atomic mass is 10.1. The molecule has 1 aromatic carbocycles. The number of nitrogens with zero attached hydrogens (tertiary/aromatic N) is 1. The summed E-state index contributed by atoms with van der Waals surface area (Å²) in [6.07, 6.45) is 6.43. The van der Waals surface area contributed by atoms with Crippen molar-refractivity contribution in [1.82, 2.24) is 0 Å². The summed E-state index contributed by atoms with van der Waals surface area (Å²) in [7, 11) is 2.23. The summed E-state index contributed by atoms with van der Waals surface area (Å²) >= 11 is 0. The molecule has 1 aromatic rings. The molecule has 0 amide bonds. The third-order valence-corrected chi connectivity index (χ3v) is 3.66. The lowest BCUT2D eigenvalue weighted by Crippen LogP contribution is -2.29.